The monoisotopic (exact) mass is 279 g/mol. The molecule has 1 aliphatic rings. The Bertz CT molecular complexity index is 476. The molecule has 1 N–H and O–H groups in total. The van der Waals surface area contributed by atoms with E-state index in [0.717, 1.165) is 31.9 Å². The number of nitriles is 1. The highest BCUT2D eigenvalue weighted by Gasteiger charge is 2.20. The van der Waals surface area contributed by atoms with Crippen LogP contribution in [0.4, 0.5) is 5.69 Å². The molecule has 0 saturated carbocycles. The Kier molecular flexibility index (Phi) is 4.65. The summed E-state index contributed by atoms with van der Waals surface area (Å²) in [6, 6.07) is 7.63. The number of hydrogen-bond donors (Lipinski definition) is 1. The molecule has 0 bridgehead atoms. The lowest BCUT2D eigenvalue weighted by atomic mass is 10.1. The van der Waals surface area contributed by atoms with Crippen LogP contribution in [0.1, 0.15) is 12.5 Å². The van der Waals surface area contributed by atoms with E-state index in [-0.39, 0.29) is 6.10 Å². The average molecular weight is 280 g/mol. The summed E-state index contributed by atoms with van der Waals surface area (Å²) < 4.78 is 0. The van der Waals surface area contributed by atoms with Crippen molar-refractivity contribution in [1.82, 2.24) is 4.90 Å². The standard InChI is InChI=1S/C14H18ClN3O/c1-11(19)10-17-4-6-18(7-5-17)14-3-2-13(15)8-12(14)9-16/h2-3,8,11,19H,4-7,10H2,1H3/t11-/m1/s1. The first-order chi connectivity index (χ1) is 9.10. The van der Waals surface area contributed by atoms with Gasteiger partial charge in [0.15, 0.2) is 0 Å². The summed E-state index contributed by atoms with van der Waals surface area (Å²) in [4.78, 5) is 4.44. The first-order valence-electron chi connectivity index (χ1n) is 6.45. The number of halogens is 1. The third-order valence-corrected chi connectivity index (χ3v) is 3.55. The maximum absolute atomic E-state index is 9.39. The van der Waals surface area contributed by atoms with Crippen molar-refractivity contribution in [2.75, 3.05) is 37.6 Å². The van der Waals surface area contributed by atoms with Gasteiger partial charge < -0.3 is 10.0 Å². The molecule has 19 heavy (non-hydrogen) atoms. The molecule has 2 rings (SSSR count). The second-order valence-corrected chi connectivity index (χ2v) is 5.35. The topological polar surface area (TPSA) is 50.5 Å². The molecule has 4 nitrogen and oxygen atoms in total. The number of aliphatic hydroxyl groups is 1. The fraction of sp³-hybridized carbons (Fsp3) is 0.500. The van der Waals surface area contributed by atoms with Crippen LogP contribution < -0.4 is 4.90 Å². The Labute approximate surface area is 118 Å². The zero-order chi connectivity index (χ0) is 13.8. The molecule has 0 aliphatic carbocycles. The molecule has 1 fully saturated rings. The van der Waals surface area contributed by atoms with Crippen molar-refractivity contribution < 1.29 is 5.11 Å². The lowest BCUT2D eigenvalue weighted by Gasteiger charge is -2.36. The van der Waals surface area contributed by atoms with Crippen LogP contribution in [0.3, 0.4) is 0 Å². The summed E-state index contributed by atoms with van der Waals surface area (Å²) >= 11 is 5.91. The van der Waals surface area contributed by atoms with Crippen molar-refractivity contribution in [3.63, 3.8) is 0 Å². The zero-order valence-electron chi connectivity index (χ0n) is 11.0. The van der Waals surface area contributed by atoms with E-state index in [1.807, 2.05) is 12.1 Å². The average Bonchev–Trinajstić information content (AvgIpc) is 2.39. The normalized spacial score (nSPS) is 18.1. The molecule has 1 aliphatic heterocycles. The molecule has 102 valence electrons. The quantitative estimate of drug-likeness (QED) is 0.915. The molecule has 1 aromatic carbocycles. The summed E-state index contributed by atoms with van der Waals surface area (Å²) in [6.07, 6.45) is -0.295. The van der Waals surface area contributed by atoms with Crippen LogP contribution in [0.15, 0.2) is 18.2 Å². The molecule has 1 saturated heterocycles. The number of nitrogens with zero attached hydrogens (tertiary/aromatic N) is 3. The lowest BCUT2D eigenvalue weighted by Crippen LogP contribution is -2.48. The van der Waals surface area contributed by atoms with Gasteiger partial charge in [-0.25, -0.2) is 0 Å². The first-order valence-corrected chi connectivity index (χ1v) is 6.83. The Morgan fingerprint density at radius 3 is 2.63 bits per heavy atom. The van der Waals surface area contributed by atoms with E-state index in [9.17, 15) is 5.11 Å². The highest BCUT2D eigenvalue weighted by Crippen LogP contribution is 2.24. The number of aliphatic hydroxyl groups excluding tert-OH is 1. The largest absolute Gasteiger partial charge is 0.392 e. The summed E-state index contributed by atoms with van der Waals surface area (Å²) in [6.45, 7) is 6.04. The summed E-state index contributed by atoms with van der Waals surface area (Å²) in [5, 5.41) is 19.1. The van der Waals surface area contributed by atoms with Gasteiger partial charge >= 0.3 is 0 Å². The number of rotatable bonds is 3. The Morgan fingerprint density at radius 1 is 1.37 bits per heavy atom. The molecular formula is C14H18ClN3O. The molecule has 0 aromatic heterocycles. The van der Waals surface area contributed by atoms with Gasteiger partial charge in [0, 0.05) is 37.7 Å². The molecular weight excluding hydrogens is 262 g/mol. The predicted molar refractivity (Wildman–Crippen MR) is 76.5 cm³/mol. The maximum Gasteiger partial charge on any atom is 0.101 e. The number of hydrogen-bond acceptors (Lipinski definition) is 4. The third kappa shape index (κ3) is 3.60. The molecule has 1 aromatic rings. The van der Waals surface area contributed by atoms with Crippen LogP contribution in [-0.2, 0) is 0 Å². The van der Waals surface area contributed by atoms with E-state index < -0.39 is 0 Å². The van der Waals surface area contributed by atoms with Gasteiger partial charge in [-0.2, -0.15) is 5.26 Å². The minimum absolute atomic E-state index is 0.295. The summed E-state index contributed by atoms with van der Waals surface area (Å²) in [5.41, 5.74) is 1.57. The van der Waals surface area contributed by atoms with Crippen molar-refractivity contribution in [1.29, 1.82) is 5.26 Å². The molecule has 1 heterocycles. The highest BCUT2D eigenvalue weighted by molar-refractivity contribution is 6.30. The van der Waals surface area contributed by atoms with Crippen LogP contribution in [0, 0.1) is 11.3 Å². The van der Waals surface area contributed by atoms with E-state index in [1.165, 1.54) is 0 Å². The van der Waals surface area contributed by atoms with Crippen molar-refractivity contribution in [3.05, 3.63) is 28.8 Å². The second-order valence-electron chi connectivity index (χ2n) is 4.91. The number of piperazine rings is 1. The Hall–Kier alpha value is -1.28. The molecule has 0 spiro atoms. The maximum atomic E-state index is 9.39. The van der Waals surface area contributed by atoms with Crippen LogP contribution >= 0.6 is 11.6 Å². The van der Waals surface area contributed by atoms with E-state index in [0.29, 0.717) is 17.1 Å². The highest BCUT2D eigenvalue weighted by atomic mass is 35.5. The predicted octanol–water partition coefficient (Wildman–Crippen LogP) is 1.71. The smallest absolute Gasteiger partial charge is 0.101 e. The van der Waals surface area contributed by atoms with Gasteiger partial charge in [-0.3, -0.25) is 4.90 Å². The lowest BCUT2D eigenvalue weighted by molar-refractivity contribution is 0.122. The van der Waals surface area contributed by atoms with Gasteiger partial charge in [0.25, 0.3) is 0 Å². The van der Waals surface area contributed by atoms with E-state index in [2.05, 4.69) is 15.9 Å². The summed E-state index contributed by atoms with van der Waals surface area (Å²) in [7, 11) is 0. The van der Waals surface area contributed by atoms with Crippen LogP contribution in [0.2, 0.25) is 5.02 Å². The Balaban J connectivity index is 2.04. The van der Waals surface area contributed by atoms with E-state index in [4.69, 9.17) is 16.9 Å². The van der Waals surface area contributed by atoms with Crippen molar-refractivity contribution in [3.8, 4) is 6.07 Å². The molecule has 1 atom stereocenters. The number of anilines is 1. The van der Waals surface area contributed by atoms with E-state index in [1.54, 1.807) is 13.0 Å². The molecule has 0 unspecified atom stereocenters. The summed E-state index contributed by atoms with van der Waals surface area (Å²) in [5.74, 6) is 0. The fourth-order valence-corrected chi connectivity index (χ4v) is 2.59. The van der Waals surface area contributed by atoms with Gasteiger partial charge in [-0.15, -0.1) is 0 Å². The van der Waals surface area contributed by atoms with Crippen molar-refractivity contribution in [2.24, 2.45) is 0 Å². The van der Waals surface area contributed by atoms with Gasteiger partial charge in [0.1, 0.15) is 6.07 Å². The van der Waals surface area contributed by atoms with Gasteiger partial charge in [-0.1, -0.05) is 11.6 Å². The minimum Gasteiger partial charge on any atom is -0.392 e. The number of β-amino-alcohol motifs (C(OH)–C–C–N with tert-alkyl or cyclic N) is 1. The van der Waals surface area contributed by atoms with E-state index >= 15 is 0 Å². The molecule has 0 amide bonds. The second kappa shape index (κ2) is 6.25. The van der Waals surface area contributed by atoms with Crippen molar-refractivity contribution in [2.45, 2.75) is 13.0 Å². The van der Waals surface area contributed by atoms with Gasteiger partial charge in [-0.05, 0) is 25.1 Å². The van der Waals surface area contributed by atoms with Gasteiger partial charge in [0.2, 0.25) is 0 Å². The minimum atomic E-state index is -0.295. The Morgan fingerprint density at radius 2 is 2.05 bits per heavy atom. The number of benzene rings is 1. The zero-order valence-corrected chi connectivity index (χ0v) is 11.8. The fourth-order valence-electron chi connectivity index (χ4n) is 2.42. The molecule has 0 radical (unpaired) electrons. The van der Waals surface area contributed by atoms with Gasteiger partial charge in [0.05, 0.1) is 17.4 Å². The van der Waals surface area contributed by atoms with Crippen LogP contribution in [0.5, 0.6) is 0 Å². The molecule has 5 heteroatoms. The first kappa shape index (κ1) is 14.1. The van der Waals surface area contributed by atoms with Crippen molar-refractivity contribution >= 4 is 17.3 Å². The third-order valence-electron chi connectivity index (χ3n) is 3.31. The van der Waals surface area contributed by atoms with Crippen LogP contribution in [-0.4, -0.2) is 48.8 Å². The SMILES string of the molecule is C[C@@H](O)CN1CCN(c2ccc(Cl)cc2C#N)CC1. The van der Waals surface area contributed by atoms with Crippen LogP contribution in [0.25, 0.3) is 0 Å².